The van der Waals surface area contributed by atoms with E-state index in [9.17, 15) is 4.79 Å². The predicted octanol–water partition coefficient (Wildman–Crippen LogP) is 1.89. The molecule has 0 saturated heterocycles. The van der Waals surface area contributed by atoms with E-state index in [1.165, 1.54) is 18.3 Å². The van der Waals surface area contributed by atoms with E-state index in [1.807, 2.05) is 11.4 Å². The van der Waals surface area contributed by atoms with Crippen molar-refractivity contribution in [1.29, 1.82) is 0 Å². The molecule has 1 amide bonds. The Morgan fingerprint density at radius 2 is 2.29 bits per heavy atom. The van der Waals surface area contributed by atoms with Gasteiger partial charge in [-0.05, 0) is 11.4 Å². The molecule has 0 unspecified atom stereocenters. The van der Waals surface area contributed by atoms with E-state index < -0.39 is 0 Å². The number of nitrogens with one attached hydrogen (secondary N) is 2. The molecular formula is C10H11ClN4OS. The summed E-state index contributed by atoms with van der Waals surface area (Å²) >= 11 is 7.53. The Morgan fingerprint density at radius 1 is 1.47 bits per heavy atom. The number of amides is 1. The topological polar surface area (TPSA) is 66.9 Å². The van der Waals surface area contributed by atoms with Gasteiger partial charge < -0.3 is 10.6 Å². The quantitative estimate of drug-likeness (QED) is 0.658. The minimum Gasteiger partial charge on any atom is -0.355 e. The second-order valence-corrected chi connectivity index (χ2v) is 4.64. The maximum absolute atomic E-state index is 10.7. The van der Waals surface area contributed by atoms with Crippen LogP contribution in [-0.4, -0.2) is 29.0 Å². The standard InChI is InChI=1S/C10H11ClN4OS/c1-6(16)12-3-4-13-10-14-8(11)7-2-5-17-9(7)15-10/h2,5H,3-4H2,1H3,(H,12,16)(H,13,14,15). The number of anilines is 1. The van der Waals surface area contributed by atoms with E-state index in [2.05, 4.69) is 20.6 Å². The lowest BCUT2D eigenvalue weighted by atomic mass is 10.4. The number of aromatic nitrogens is 2. The van der Waals surface area contributed by atoms with Crippen molar-refractivity contribution in [1.82, 2.24) is 15.3 Å². The van der Waals surface area contributed by atoms with Crippen molar-refractivity contribution in [3.05, 3.63) is 16.6 Å². The van der Waals surface area contributed by atoms with E-state index in [-0.39, 0.29) is 5.91 Å². The van der Waals surface area contributed by atoms with Crippen LogP contribution in [0.25, 0.3) is 10.2 Å². The van der Waals surface area contributed by atoms with Crippen LogP contribution in [0.3, 0.4) is 0 Å². The Hall–Kier alpha value is -1.40. The van der Waals surface area contributed by atoms with Crippen LogP contribution >= 0.6 is 22.9 Å². The largest absolute Gasteiger partial charge is 0.355 e. The third kappa shape index (κ3) is 3.04. The summed E-state index contributed by atoms with van der Waals surface area (Å²) < 4.78 is 0. The molecule has 0 spiro atoms. The molecule has 0 aliphatic heterocycles. The summed E-state index contributed by atoms with van der Waals surface area (Å²) in [4.78, 5) is 20.0. The van der Waals surface area contributed by atoms with Crippen molar-refractivity contribution in [2.75, 3.05) is 18.4 Å². The molecule has 2 N–H and O–H groups in total. The van der Waals surface area contributed by atoms with Gasteiger partial charge in [0, 0.05) is 25.4 Å². The van der Waals surface area contributed by atoms with Crippen molar-refractivity contribution < 1.29 is 4.79 Å². The molecular weight excluding hydrogens is 260 g/mol. The van der Waals surface area contributed by atoms with E-state index in [1.54, 1.807) is 0 Å². The first-order chi connectivity index (χ1) is 8.16. The lowest BCUT2D eigenvalue weighted by Gasteiger charge is -2.05. The Bertz CT molecular complexity index is 542. The molecule has 0 radical (unpaired) electrons. The molecule has 0 atom stereocenters. The van der Waals surface area contributed by atoms with Crippen LogP contribution in [0.1, 0.15) is 6.92 Å². The van der Waals surface area contributed by atoms with E-state index in [4.69, 9.17) is 11.6 Å². The monoisotopic (exact) mass is 270 g/mol. The summed E-state index contributed by atoms with van der Waals surface area (Å²) in [7, 11) is 0. The summed E-state index contributed by atoms with van der Waals surface area (Å²) in [5.74, 6) is 0.426. The van der Waals surface area contributed by atoms with Crippen LogP contribution in [0.4, 0.5) is 5.95 Å². The molecule has 90 valence electrons. The highest BCUT2D eigenvalue weighted by atomic mass is 35.5. The molecule has 5 nitrogen and oxygen atoms in total. The maximum atomic E-state index is 10.7. The SMILES string of the molecule is CC(=O)NCCNc1nc(Cl)c2ccsc2n1. The van der Waals surface area contributed by atoms with Crippen LogP contribution < -0.4 is 10.6 Å². The van der Waals surface area contributed by atoms with Gasteiger partial charge in [-0.2, -0.15) is 0 Å². The summed E-state index contributed by atoms with van der Waals surface area (Å²) in [6.45, 7) is 2.57. The third-order valence-corrected chi connectivity index (χ3v) is 3.16. The molecule has 0 saturated carbocycles. The Balaban J connectivity index is 2.01. The van der Waals surface area contributed by atoms with Crippen LogP contribution in [0, 0.1) is 0 Å². The molecule has 17 heavy (non-hydrogen) atoms. The fourth-order valence-electron chi connectivity index (χ4n) is 1.31. The number of hydrogen-bond acceptors (Lipinski definition) is 5. The summed E-state index contributed by atoms with van der Waals surface area (Å²) in [6, 6.07) is 1.89. The second-order valence-electron chi connectivity index (χ2n) is 3.39. The summed E-state index contributed by atoms with van der Waals surface area (Å²) in [5, 5.41) is 8.91. The lowest BCUT2D eigenvalue weighted by Crippen LogP contribution is -2.26. The van der Waals surface area contributed by atoms with Gasteiger partial charge in [0.1, 0.15) is 9.98 Å². The zero-order chi connectivity index (χ0) is 12.3. The first-order valence-electron chi connectivity index (χ1n) is 5.06. The summed E-state index contributed by atoms with van der Waals surface area (Å²) in [5.41, 5.74) is 0. The molecule has 0 aliphatic rings. The molecule has 0 aromatic carbocycles. The van der Waals surface area contributed by atoms with Crippen molar-refractivity contribution in [2.45, 2.75) is 6.92 Å². The molecule has 7 heteroatoms. The van der Waals surface area contributed by atoms with Gasteiger partial charge in [0.15, 0.2) is 0 Å². The van der Waals surface area contributed by atoms with Crippen LogP contribution in [0.15, 0.2) is 11.4 Å². The third-order valence-electron chi connectivity index (χ3n) is 2.06. The molecule has 0 bridgehead atoms. The van der Waals surface area contributed by atoms with Crippen LogP contribution in [0.5, 0.6) is 0 Å². The van der Waals surface area contributed by atoms with Gasteiger partial charge in [0.05, 0.1) is 0 Å². The summed E-state index contributed by atoms with van der Waals surface area (Å²) in [6.07, 6.45) is 0. The van der Waals surface area contributed by atoms with Gasteiger partial charge >= 0.3 is 0 Å². The number of halogens is 1. The first-order valence-corrected chi connectivity index (χ1v) is 6.31. The van der Waals surface area contributed by atoms with Crippen molar-refractivity contribution in [3.8, 4) is 0 Å². The average molecular weight is 271 g/mol. The van der Waals surface area contributed by atoms with Crippen molar-refractivity contribution in [3.63, 3.8) is 0 Å². The fourth-order valence-corrected chi connectivity index (χ4v) is 2.36. The molecule has 0 fully saturated rings. The van der Waals surface area contributed by atoms with Gasteiger partial charge in [-0.3, -0.25) is 4.79 Å². The minimum absolute atomic E-state index is 0.0561. The van der Waals surface area contributed by atoms with Crippen LogP contribution in [-0.2, 0) is 4.79 Å². The van der Waals surface area contributed by atoms with Gasteiger partial charge in [-0.25, -0.2) is 9.97 Å². The Morgan fingerprint density at radius 3 is 3.06 bits per heavy atom. The van der Waals surface area contributed by atoms with Gasteiger partial charge in [0.25, 0.3) is 0 Å². The Kier molecular flexibility index (Phi) is 3.75. The highest BCUT2D eigenvalue weighted by Gasteiger charge is 2.06. The molecule has 0 aliphatic carbocycles. The zero-order valence-electron chi connectivity index (χ0n) is 9.16. The van der Waals surface area contributed by atoms with E-state index in [0.29, 0.717) is 24.2 Å². The molecule has 2 aromatic rings. The number of carbonyl (C=O) groups is 1. The number of nitrogens with zero attached hydrogens (tertiary/aromatic N) is 2. The maximum Gasteiger partial charge on any atom is 0.225 e. The van der Waals surface area contributed by atoms with E-state index >= 15 is 0 Å². The number of carbonyl (C=O) groups excluding carboxylic acids is 1. The first kappa shape index (κ1) is 12.1. The fraction of sp³-hybridized carbons (Fsp3) is 0.300. The minimum atomic E-state index is -0.0561. The average Bonchev–Trinajstić information content (AvgIpc) is 2.72. The van der Waals surface area contributed by atoms with Crippen molar-refractivity contribution >= 4 is 45.0 Å². The number of rotatable bonds is 4. The lowest BCUT2D eigenvalue weighted by molar-refractivity contribution is -0.118. The number of hydrogen-bond donors (Lipinski definition) is 2. The smallest absolute Gasteiger partial charge is 0.225 e. The van der Waals surface area contributed by atoms with Crippen molar-refractivity contribution in [2.24, 2.45) is 0 Å². The number of thiophene rings is 1. The Labute approximate surface area is 107 Å². The van der Waals surface area contributed by atoms with Gasteiger partial charge in [0.2, 0.25) is 11.9 Å². The second kappa shape index (κ2) is 5.29. The highest BCUT2D eigenvalue weighted by Crippen LogP contribution is 2.25. The van der Waals surface area contributed by atoms with Gasteiger partial charge in [-0.1, -0.05) is 11.6 Å². The molecule has 2 heterocycles. The zero-order valence-corrected chi connectivity index (χ0v) is 10.7. The molecule has 2 rings (SSSR count). The number of fused-ring (bicyclic) bond motifs is 1. The normalized spacial score (nSPS) is 10.5. The predicted molar refractivity (Wildman–Crippen MR) is 69.6 cm³/mol. The highest BCUT2D eigenvalue weighted by molar-refractivity contribution is 7.16. The van der Waals surface area contributed by atoms with Crippen LogP contribution in [0.2, 0.25) is 5.15 Å². The van der Waals surface area contributed by atoms with E-state index in [0.717, 1.165) is 10.2 Å². The van der Waals surface area contributed by atoms with Gasteiger partial charge in [-0.15, -0.1) is 11.3 Å². The molecule has 2 aromatic heterocycles.